The van der Waals surface area contributed by atoms with Gasteiger partial charge in [0.25, 0.3) is 0 Å². The smallest absolute Gasteiger partial charge is 0.202 e. The molecule has 3 rings (SSSR count). The zero-order chi connectivity index (χ0) is 18.2. The molecule has 2 aliphatic heterocycles. The van der Waals surface area contributed by atoms with Crippen LogP contribution in [0.3, 0.4) is 0 Å². The largest absolute Gasteiger partial charge is 0.508 e. The van der Waals surface area contributed by atoms with Crippen LogP contribution in [0.25, 0.3) is 0 Å². The van der Waals surface area contributed by atoms with Gasteiger partial charge < -0.3 is 14.6 Å². The van der Waals surface area contributed by atoms with Crippen molar-refractivity contribution < 1.29 is 14.6 Å². The Morgan fingerprint density at radius 1 is 1.00 bits per heavy atom. The van der Waals surface area contributed by atoms with Crippen LogP contribution in [0.15, 0.2) is 12.1 Å². The van der Waals surface area contributed by atoms with Gasteiger partial charge in [-0.1, -0.05) is 58.3 Å². The van der Waals surface area contributed by atoms with Crippen molar-refractivity contribution in [2.24, 2.45) is 5.92 Å². The lowest BCUT2D eigenvalue weighted by Crippen LogP contribution is -2.38. The average Bonchev–Trinajstić information content (AvgIpc) is 2.65. The van der Waals surface area contributed by atoms with Crippen LogP contribution in [-0.2, 0) is 17.6 Å². The molecule has 0 radical (unpaired) electrons. The molecule has 2 heterocycles. The molecular weight excluding hydrogens is 324 g/mol. The maximum atomic E-state index is 10.4. The molecule has 0 aliphatic carbocycles. The minimum Gasteiger partial charge on any atom is -0.508 e. The van der Waals surface area contributed by atoms with Crippen LogP contribution < -0.4 is 4.74 Å². The zero-order valence-electron chi connectivity index (χ0n) is 16.5. The fourth-order valence-corrected chi connectivity index (χ4v) is 4.30. The first-order valence-corrected chi connectivity index (χ1v) is 10.9. The van der Waals surface area contributed by atoms with E-state index in [0.29, 0.717) is 11.7 Å². The van der Waals surface area contributed by atoms with E-state index in [1.807, 2.05) is 6.07 Å². The molecule has 2 aliphatic rings. The highest BCUT2D eigenvalue weighted by Gasteiger charge is 2.33. The van der Waals surface area contributed by atoms with Crippen molar-refractivity contribution in [2.75, 3.05) is 6.61 Å². The van der Waals surface area contributed by atoms with Crippen LogP contribution in [0.1, 0.15) is 88.7 Å². The van der Waals surface area contributed by atoms with Crippen molar-refractivity contribution in [3.8, 4) is 11.5 Å². The Bertz CT molecular complexity index is 555. The van der Waals surface area contributed by atoms with Crippen molar-refractivity contribution in [3.05, 3.63) is 23.3 Å². The van der Waals surface area contributed by atoms with Crippen molar-refractivity contribution in [2.45, 2.75) is 96.7 Å². The summed E-state index contributed by atoms with van der Waals surface area (Å²) in [7, 11) is 0. The molecule has 26 heavy (non-hydrogen) atoms. The van der Waals surface area contributed by atoms with Gasteiger partial charge in [-0.3, -0.25) is 0 Å². The molecule has 0 unspecified atom stereocenters. The van der Waals surface area contributed by atoms with E-state index in [2.05, 4.69) is 13.0 Å². The van der Waals surface area contributed by atoms with Gasteiger partial charge in [-0.05, 0) is 55.4 Å². The van der Waals surface area contributed by atoms with Gasteiger partial charge in [-0.2, -0.15) is 0 Å². The molecule has 1 N–H and O–H groups in total. The summed E-state index contributed by atoms with van der Waals surface area (Å²) < 4.78 is 11.9. The van der Waals surface area contributed by atoms with E-state index in [-0.39, 0.29) is 6.29 Å². The first-order chi connectivity index (χ1) is 12.8. The van der Waals surface area contributed by atoms with E-state index in [9.17, 15) is 5.11 Å². The molecule has 1 aromatic rings. The summed E-state index contributed by atoms with van der Waals surface area (Å²) in [6.45, 7) is 3.07. The number of ether oxygens (including phenoxy) is 2. The molecule has 3 nitrogen and oxygen atoms in total. The fraction of sp³-hybridized carbons (Fsp3) is 0.739. The minimum atomic E-state index is -0.0821. The summed E-state index contributed by atoms with van der Waals surface area (Å²) in [4.78, 5) is 0. The van der Waals surface area contributed by atoms with Gasteiger partial charge in [0.2, 0.25) is 6.29 Å². The number of aromatic hydroxyl groups is 1. The van der Waals surface area contributed by atoms with Crippen molar-refractivity contribution >= 4 is 0 Å². The summed E-state index contributed by atoms with van der Waals surface area (Å²) in [6, 6.07) is 3.99. The second kappa shape index (κ2) is 10.2. The Labute approximate surface area is 159 Å². The second-order valence-electron chi connectivity index (χ2n) is 8.13. The van der Waals surface area contributed by atoms with Gasteiger partial charge in [-0.15, -0.1) is 0 Å². The van der Waals surface area contributed by atoms with E-state index in [4.69, 9.17) is 9.47 Å². The highest BCUT2D eigenvalue weighted by Crippen LogP contribution is 2.39. The molecule has 3 heteroatoms. The summed E-state index contributed by atoms with van der Waals surface area (Å²) in [5.41, 5.74) is 2.17. The standard InChI is InChI=1S/C23H36O3/c1-2-3-4-5-6-7-8-9-10-12-18-17-22-20(16-21(18)24)15-19-13-11-14-25-23(19)26-22/h16-17,19,23-24H,2-15H2,1H3/t19-,23+/m0/s1. The average molecular weight is 361 g/mol. The topological polar surface area (TPSA) is 38.7 Å². The van der Waals surface area contributed by atoms with E-state index in [0.717, 1.165) is 55.6 Å². The number of unbranched alkanes of at least 4 members (excludes halogenated alkanes) is 8. The van der Waals surface area contributed by atoms with Crippen LogP contribution in [-0.4, -0.2) is 18.0 Å². The molecular formula is C23H36O3. The van der Waals surface area contributed by atoms with Gasteiger partial charge in [0.05, 0.1) is 6.61 Å². The van der Waals surface area contributed by atoms with E-state index < -0.39 is 0 Å². The van der Waals surface area contributed by atoms with Crippen LogP contribution >= 0.6 is 0 Å². The van der Waals surface area contributed by atoms with Crippen molar-refractivity contribution in [1.29, 1.82) is 0 Å². The third-order valence-electron chi connectivity index (χ3n) is 5.92. The molecule has 1 aromatic carbocycles. The highest BCUT2D eigenvalue weighted by molar-refractivity contribution is 5.47. The maximum Gasteiger partial charge on any atom is 0.202 e. The van der Waals surface area contributed by atoms with Crippen LogP contribution in [0.5, 0.6) is 11.5 Å². The Morgan fingerprint density at radius 3 is 2.50 bits per heavy atom. The second-order valence-corrected chi connectivity index (χ2v) is 8.13. The predicted molar refractivity (Wildman–Crippen MR) is 106 cm³/mol. The SMILES string of the molecule is CCCCCCCCCCCc1cc2c(cc1O)C[C@@H]1CCCO[C@@H]1O2. The molecule has 0 bridgehead atoms. The molecule has 0 spiro atoms. The van der Waals surface area contributed by atoms with Crippen LogP contribution in [0.4, 0.5) is 0 Å². The lowest BCUT2D eigenvalue weighted by atomic mass is 9.89. The number of hydrogen-bond donors (Lipinski definition) is 1. The monoisotopic (exact) mass is 360 g/mol. The van der Waals surface area contributed by atoms with E-state index in [1.54, 1.807) is 0 Å². The number of rotatable bonds is 10. The molecule has 0 aromatic heterocycles. The zero-order valence-corrected chi connectivity index (χ0v) is 16.5. The van der Waals surface area contributed by atoms with E-state index in [1.165, 1.54) is 51.4 Å². The lowest BCUT2D eigenvalue weighted by molar-refractivity contribution is -0.148. The first-order valence-electron chi connectivity index (χ1n) is 10.9. The molecule has 1 saturated heterocycles. The first kappa shape index (κ1) is 19.5. The summed E-state index contributed by atoms with van der Waals surface area (Å²) in [5, 5.41) is 10.4. The van der Waals surface area contributed by atoms with Crippen LogP contribution in [0, 0.1) is 5.92 Å². The molecule has 2 atom stereocenters. The number of fused-ring (bicyclic) bond motifs is 2. The number of phenolic OH excluding ortho intramolecular Hbond substituents is 1. The van der Waals surface area contributed by atoms with Gasteiger partial charge in [0.15, 0.2) is 0 Å². The Balaban J connectivity index is 1.42. The quantitative estimate of drug-likeness (QED) is 0.508. The third-order valence-corrected chi connectivity index (χ3v) is 5.92. The normalized spacial score (nSPS) is 21.7. The molecule has 146 valence electrons. The number of phenols is 1. The van der Waals surface area contributed by atoms with Crippen molar-refractivity contribution in [3.63, 3.8) is 0 Å². The van der Waals surface area contributed by atoms with Gasteiger partial charge in [0, 0.05) is 5.92 Å². The lowest BCUT2D eigenvalue weighted by Gasteiger charge is -2.36. The summed E-state index contributed by atoms with van der Waals surface area (Å²) in [5.74, 6) is 1.82. The Morgan fingerprint density at radius 2 is 1.73 bits per heavy atom. The Hall–Kier alpha value is -1.22. The van der Waals surface area contributed by atoms with Crippen molar-refractivity contribution in [1.82, 2.24) is 0 Å². The van der Waals surface area contributed by atoms with Gasteiger partial charge in [0.1, 0.15) is 11.5 Å². The number of aryl methyl sites for hydroxylation is 1. The third kappa shape index (κ3) is 5.39. The number of hydrogen-bond acceptors (Lipinski definition) is 3. The predicted octanol–water partition coefficient (Wildman–Crippen LogP) is 6.15. The fourth-order valence-electron chi connectivity index (χ4n) is 4.30. The Kier molecular flexibility index (Phi) is 7.67. The van der Waals surface area contributed by atoms with Gasteiger partial charge in [-0.25, -0.2) is 0 Å². The van der Waals surface area contributed by atoms with E-state index >= 15 is 0 Å². The molecule has 0 amide bonds. The summed E-state index contributed by atoms with van der Waals surface area (Å²) >= 11 is 0. The summed E-state index contributed by atoms with van der Waals surface area (Å²) in [6.07, 6.45) is 16.0. The minimum absolute atomic E-state index is 0.0821. The highest BCUT2D eigenvalue weighted by atomic mass is 16.7. The van der Waals surface area contributed by atoms with Crippen LogP contribution in [0.2, 0.25) is 0 Å². The van der Waals surface area contributed by atoms with Gasteiger partial charge >= 0.3 is 0 Å². The molecule has 1 fully saturated rings. The maximum absolute atomic E-state index is 10.4. The number of benzene rings is 1. The molecule has 0 saturated carbocycles.